The lowest BCUT2D eigenvalue weighted by atomic mass is 9.77. The van der Waals surface area contributed by atoms with Gasteiger partial charge in [0.1, 0.15) is 29.8 Å². The second kappa shape index (κ2) is 23.5. The number of imide groups is 1. The number of primary amides is 1. The second-order valence-electron chi connectivity index (χ2n) is 21.7. The Morgan fingerprint density at radius 1 is 0.800 bits per heavy atom. The van der Waals surface area contributed by atoms with Crippen LogP contribution in [0.5, 0.6) is 0 Å². The normalized spacial score (nSPS) is 22.7. The number of alkyl carbamates (subject to hydrolysis) is 1. The predicted molar refractivity (Wildman–Crippen MR) is 278 cm³/mol. The summed E-state index contributed by atoms with van der Waals surface area (Å²) in [7, 11) is 1.70. The van der Waals surface area contributed by atoms with Gasteiger partial charge in [-0.25, -0.2) is 9.59 Å². The summed E-state index contributed by atoms with van der Waals surface area (Å²) in [5, 5.41) is 11.0. The average molecular weight is 1030 g/mol. The lowest BCUT2D eigenvalue weighted by Crippen LogP contribution is -2.62. The van der Waals surface area contributed by atoms with Crippen LogP contribution in [0.3, 0.4) is 0 Å². The Balaban J connectivity index is 0.893. The first-order chi connectivity index (χ1) is 35.8. The van der Waals surface area contributed by atoms with Crippen LogP contribution in [0.15, 0.2) is 83.7 Å². The van der Waals surface area contributed by atoms with Crippen molar-refractivity contribution in [3.05, 3.63) is 106 Å². The number of nitrogens with one attached hydrogen (secondary N) is 4. The minimum atomic E-state index is -1.24. The number of aromatic nitrogens is 2. The maximum absolute atomic E-state index is 14.7. The molecule has 1 aromatic heterocycles. The summed E-state index contributed by atoms with van der Waals surface area (Å²) in [5.41, 5.74) is 8.49. The van der Waals surface area contributed by atoms with Crippen LogP contribution < -0.4 is 32.7 Å². The number of nitrogens with zero attached hydrogens (tertiary/aromatic N) is 4. The van der Waals surface area contributed by atoms with Gasteiger partial charge in [-0.05, 0) is 132 Å². The minimum absolute atomic E-state index is 0.0816. The largest absolute Gasteiger partial charge is 0.444 e. The number of rotatable bonds is 16. The number of hydrogen-bond acceptors (Lipinski definition) is 10. The molecular formula is C56H71N9O10. The molecule has 5 atom stereocenters. The molecule has 4 aromatic rings. The zero-order chi connectivity index (χ0) is 53.6. The molecule has 8 amide bonds. The van der Waals surface area contributed by atoms with Crippen molar-refractivity contribution in [1.29, 1.82) is 0 Å². The third-order valence-electron chi connectivity index (χ3n) is 15.4. The molecule has 19 nitrogen and oxygen atoms in total. The van der Waals surface area contributed by atoms with E-state index in [-0.39, 0.29) is 75.0 Å². The maximum Gasteiger partial charge on any atom is 0.408 e. The Morgan fingerprint density at radius 2 is 1.48 bits per heavy atom. The Hall–Kier alpha value is -7.31. The number of benzene rings is 3. The van der Waals surface area contributed by atoms with E-state index >= 15 is 0 Å². The molecule has 0 radical (unpaired) electrons. The first kappa shape index (κ1) is 54.0. The molecule has 75 heavy (non-hydrogen) atoms. The predicted octanol–water partition coefficient (Wildman–Crippen LogP) is 4.90. The molecule has 4 aliphatic rings. The van der Waals surface area contributed by atoms with Gasteiger partial charge in [0.2, 0.25) is 41.4 Å². The van der Waals surface area contributed by atoms with Crippen LogP contribution >= 0.6 is 0 Å². The number of imidazole rings is 1. The van der Waals surface area contributed by atoms with Crippen LogP contribution in [-0.4, -0.2) is 109 Å². The number of nitrogens with two attached hydrogens (primary N) is 1. The number of hydrogen-bond donors (Lipinski definition) is 5. The van der Waals surface area contributed by atoms with E-state index < -0.39 is 77.5 Å². The zero-order valence-electron chi connectivity index (χ0n) is 43.4. The molecule has 0 spiro atoms. The van der Waals surface area contributed by atoms with Crippen LogP contribution in [0, 0.1) is 5.92 Å². The highest BCUT2D eigenvalue weighted by atomic mass is 16.6. The molecular weight excluding hydrogens is 959 g/mol. The fourth-order valence-electron chi connectivity index (χ4n) is 11.5. The number of amides is 8. The topological polar surface area (TPSA) is 253 Å². The number of fused-ring (bicyclic) bond motifs is 2. The van der Waals surface area contributed by atoms with Crippen molar-refractivity contribution in [2.24, 2.45) is 18.7 Å². The summed E-state index contributed by atoms with van der Waals surface area (Å²) in [6.07, 6.45) is 6.02. The van der Waals surface area contributed by atoms with Crippen molar-refractivity contribution in [3.8, 4) is 0 Å². The highest BCUT2D eigenvalue weighted by Crippen LogP contribution is 2.39. The molecule has 3 aromatic carbocycles. The molecule has 400 valence electrons. The summed E-state index contributed by atoms with van der Waals surface area (Å²) < 4.78 is 8.62. The lowest BCUT2D eigenvalue weighted by Gasteiger charge is -2.39. The van der Waals surface area contributed by atoms with Crippen molar-refractivity contribution >= 4 is 58.5 Å². The summed E-state index contributed by atoms with van der Waals surface area (Å²) in [5.74, 6) is -2.54. The molecule has 3 saturated heterocycles. The van der Waals surface area contributed by atoms with Gasteiger partial charge in [-0.15, -0.1) is 0 Å². The van der Waals surface area contributed by atoms with Gasteiger partial charge in [0.25, 0.3) is 0 Å². The van der Waals surface area contributed by atoms with Crippen LogP contribution in [0.1, 0.15) is 145 Å². The average Bonchev–Trinajstić information content (AvgIpc) is 3.91. The molecule has 1 unspecified atom stereocenters. The fourth-order valence-corrected chi connectivity index (χ4v) is 11.5. The SMILES string of the molecule is Cn1c(=O)n(C2CCC(=O)NC2=O)c2ccc([C@H]3CC[C@@H](CCCC(=O)N4CC[C@H]5CC[C@@H](C(=O)N[C@@H](CCC(N)=O)C(=O)NC(c6ccccc6)c6ccccc6)N5C(=O)[C@@H](NC(=O)OC(C)(C)C)C4)CC3)cc21. The maximum atomic E-state index is 14.7. The van der Waals surface area contributed by atoms with E-state index in [1.54, 1.807) is 37.3 Å². The molecule has 0 bridgehead atoms. The van der Waals surface area contributed by atoms with E-state index in [9.17, 15) is 43.2 Å². The summed E-state index contributed by atoms with van der Waals surface area (Å²) in [6, 6.07) is 19.5. The van der Waals surface area contributed by atoms with Gasteiger partial charge < -0.3 is 36.2 Å². The summed E-state index contributed by atoms with van der Waals surface area (Å²) in [4.78, 5) is 124. The molecule has 6 N–H and O–H groups in total. The van der Waals surface area contributed by atoms with E-state index in [1.165, 1.54) is 9.47 Å². The van der Waals surface area contributed by atoms with Crippen molar-refractivity contribution in [2.75, 3.05) is 13.1 Å². The Labute approximate surface area is 436 Å². The minimum Gasteiger partial charge on any atom is -0.444 e. The Morgan fingerprint density at radius 3 is 2.12 bits per heavy atom. The van der Waals surface area contributed by atoms with Crippen molar-refractivity contribution in [1.82, 2.24) is 40.2 Å². The number of aryl methyl sites for hydroxylation is 1. The fraction of sp³-hybridized carbons (Fsp3) is 0.518. The third-order valence-corrected chi connectivity index (χ3v) is 15.4. The van der Waals surface area contributed by atoms with Crippen LogP contribution in [-0.2, 0) is 45.3 Å². The number of carbonyl (C=O) groups is 8. The second-order valence-corrected chi connectivity index (χ2v) is 21.7. The molecule has 19 heteroatoms. The summed E-state index contributed by atoms with van der Waals surface area (Å²) in [6.45, 7) is 5.26. The van der Waals surface area contributed by atoms with E-state index in [0.29, 0.717) is 30.7 Å². The van der Waals surface area contributed by atoms with Gasteiger partial charge in [-0.2, -0.15) is 0 Å². The van der Waals surface area contributed by atoms with Gasteiger partial charge in [-0.1, -0.05) is 66.7 Å². The first-order valence-corrected chi connectivity index (χ1v) is 26.5. The van der Waals surface area contributed by atoms with Crippen molar-refractivity contribution in [3.63, 3.8) is 0 Å². The molecule has 4 fully saturated rings. The van der Waals surface area contributed by atoms with Crippen LogP contribution in [0.2, 0.25) is 0 Å². The number of carbonyl (C=O) groups excluding carboxylic acids is 8. The van der Waals surface area contributed by atoms with E-state index in [2.05, 4.69) is 21.3 Å². The first-order valence-electron chi connectivity index (χ1n) is 26.5. The summed E-state index contributed by atoms with van der Waals surface area (Å²) >= 11 is 0. The quantitative estimate of drug-likeness (QED) is 0.0949. The van der Waals surface area contributed by atoms with E-state index in [0.717, 1.165) is 54.3 Å². The van der Waals surface area contributed by atoms with Crippen molar-refractivity contribution < 1.29 is 43.1 Å². The molecule has 1 saturated carbocycles. The zero-order valence-corrected chi connectivity index (χ0v) is 43.4. The number of piperidine rings is 1. The monoisotopic (exact) mass is 1030 g/mol. The van der Waals surface area contributed by atoms with Gasteiger partial charge in [0.15, 0.2) is 0 Å². The molecule has 3 aliphatic heterocycles. The smallest absolute Gasteiger partial charge is 0.408 e. The van der Waals surface area contributed by atoms with Gasteiger partial charge in [0, 0.05) is 38.9 Å². The number of ether oxygens (including phenoxy) is 1. The lowest BCUT2D eigenvalue weighted by molar-refractivity contribution is -0.146. The standard InChI is InChI=1S/C56H71N9O10/c1-56(2,3)75-54(73)59-41-33-63(48(68)17-11-12-34-18-20-35(21-19-34)38-22-25-42-45(32-38)62(4)55(74)65(42)44-27-29-47(67)60-52(44)71)31-30-39-23-26-43(64(39)53(41)72)51(70)58-40(24-28-46(57)66)50(69)61-49(36-13-7-5-8-14-36)37-15-9-6-10-16-37/h5-10,13-16,22,25,32,34-35,39-41,43-44,49H,11-12,17-21,23-24,26-31,33H2,1-4H3,(H2,57,66)(H,58,70)(H,59,73)(H,61,69)(H,60,67,71)/t34-,35+,39-,40+,41+,43+,44?/m1/s1. The Kier molecular flexibility index (Phi) is 16.9. The van der Waals surface area contributed by atoms with Gasteiger partial charge >= 0.3 is 11.8 Å². The molecule has 4 heterocycles. The molecule has 1 aliphatic carbocycles. The van der Waals surface area contributed by atoms with Crippen LogP contribution in [0.4, 0.5) is 4.79 Å². The van der Waals surface area contributed by atoms with E-state index in [4.69, 9.17) is 10.5 Å². The van der Waals surface area contributed by atoms with Gasteiger partial charge in [0.05, 0.1) is 23.6 Å². The van der Waals surface area contributed by atoms with Gasteiger partial charge in [-0.3, -0.25) is 48.0 Å². The van der Waals surface area contributed by atoms with E-state index in [1.807, 2.05) is 78.9 Å². The van der Waals surface area contributed by atoms with Crippen molar-refractivity contribution in [2.45, 2.75) is 158 Å². The molecule has 8 rings (SSSR count). The highest BCUT2D eigenvalue weighted by molar-refractivity contribution is 6.00. The third kappa shape index (κ3) is 13.0. The van der Waals surface area contributed by atoms with Crippen LogP contribution in [0.25, 0.3) is 11.0 Å². The Bertz CT molecular complexity index is 2790. The highest BCUT2D eigenvalue weighted by Gasteiger charge is 2.46.